The molecule has 0 saturated carbocycles. The van der Waals surface area contributed by atoms with Gasteiger partial charge in [-0.3, -0.25) is 4.57 Å². The van der Waals surface area contributed by atoms with E-state index in [1.54, 1.807) is 6.20 Å². The Hall–Kier alpha value is -2.89. The lowest BCUT2D eigenvalue weighted by atomic mass is 10.1. The summed E-state index contributed by atoms with van der Waals surface area (Å²) in [4.78, 5) is 19.8. The maximum Gasteiger partial charge on any atom is 0.404 e. The maximum atomic E-state index is 10.5. The van der Waals surface area contributed by atoms with E-state index in [1.807, 2.05) is 24.3 Å². The summed E-state index contributed by atoms with van der Waals surface area (Å²) < 4.78 is 2.13. The van der Waals surface area contributed by atoms with Gasteiger partial charge in [0.05, 0.1) is 0 Å². The largest absolute Gasteiger partial charge is 0.465 e. The Morgan fingerprint density at radius 2 is 1.96 bits per heavy atom. The van der Waals surface area contributed by atoms with Gasteiger partial charge in [-0.15, -0.1) is 0 Å². The third-order valence-electron chi connectivity index (χ3n) is 4.37. The Bertz CT molecular complexity index is 871. The van der Waals surface area contributed by atoms with Gasteiger partial charge in [0.25, 0.3) is 0 Å². The van der Waals surface area contributed by atoms with Crippen LogP contribution in [0, 0.1) is 0 Å². The van der Waals surface area contributed by atoms with Crippen molar-refractivity contribution in [2.45, 2.75) is 39.0 Å². The topological polar surface area (TPSA) is 80.0 Å². The number of nitrogens with one attached hydrogen (secondary N) is 1. The van der Waals surface area contributed by atoms with E-state index in [0.29, 0.717) is 13.0 Å². The van der Waals surface area contributed by atoms with E-state index in [0.717, 1.165) is 41.1 Å². The summed E-state index contributed by atoms with van der Waals surface area (Å²) in [6.45, 7) is 2.61. The second-order valence-corrected chi connectivity index (χ2v) is 6.32. The van der Waals surface area contributed by atoms with Gasteiger partial charge in [0, 0.05) is 24.8 Å². The van der Waals surface area contributed by atoms with Crippen LogP contribution in [-0.4, -0.2) is 32.3 Å². The van der Waals surface area contributed by atoms with Crippen molar-refractivity contribution in [1.29, 1.82) is 0 Å². The van der Waals surface area contributed by atoms with Crippen molar-refractivity contribution >= 4 is 17.3 Å². The van der Waals surface area contributed by atoms with Gasteiger partial charge in [0.15, 0.2) is 5.65 Å². The molecule has 3 aromatic rings. The van der Waals surface area contributed by atoms with E-state index < -0.39 is 6.09 Å². The fraction of sp³-hybridized carbons (Fsp3) is 0.350. The van der Waals surface area contributed by atoms with Gasteiger partial charge in [0.1, 0.15) is 11.3 Å². The molecule has 1 aromatic carbocycles. The van der Waals surface area contributed by atoms with Gasteiger partial charge in [-0.25, -0.2) is 14.8 Å². The molecule has 0 aliphatic rings. The highest BCUT2D eigenvalue weighted by Gasteiger charge is 2.13. The van der Waals surface area contributed by atoms with Crippen LogP contribution in [0.4, 0.5) is 4.79 Å². The Morgan fingerprint density at radius 1 is 1.15 bits per heavy atom. The van der Waals surface area contributed by atoms with Crippen LogP contribution in [0.1, 0.15) is 37.6 Å². The van der Waals surface area contributed by atoms with Crippen LogP contribution in [-0.2, 0) is 12.8 Å². The molecule has 6 heteroatoms. The second kappa shape index (κ2) is 8.47. The monoisotopic (exact) mass is 352 g/mol. The lowest BCUT2D eigenvalue weighted by Gasteiger charge is -2.10. The summed E-state index contributed by atoms with van der Waals surface area (Å²) in [7, 11) is 0. The SMILES string of the molecule is CCCCCc1nc2cccnc2n1-c1ccc(CCNC(=O)O)cc1. The number of fused-ring (bicyclic) bond motifs is 1. The molecule has 2 aromatic heterocycles. The number of carbonyl (C=O) groups is 1. The number of benzene rings is 1. The minimum atomic E-state index is -0.991. The molecular formula is C20H24N4O2. The summed E-state index contributed by atoms with van der Waals surface area (Å²) in [5.41, 5.74) is 3.91. The van der Waals surface area contributed by atoms with Crippen molar-refractivity contribution in [1.82, 2.24) is 19.9 Å². The van der Waals surface area contributed by atoms with Crippen molar-refractivity contribution in [2.24, 2.45) is 0 Å². The van der Waals surface area contributed by atoms with E-state index in [4.69, 9.17) is 10.1 Å². The summed E-state index contributed by atoms with van der Waals surface area (Å²) in [5, 5.41) is 11.0. The Labute approximate surface area is 152 Å². The first-order chi connectivity index (χ1) is 12.7. The second-order valence-electron chi connectivity index (χ2n) is 6.32. The molecule has 0 radical (unpaired) electrons. The fourth-order valence-electron chi connectivity index (χ4n) is 3.06. The average molecular weight is 352 g/mol. The molecule has 0 aliphatic heterocycles. The van der Waals surface area contributed by atoms with Crippen LogP contribution in [0.5, 0.6) is 0 Å². The Kier molecular flexibility index (Phi) is 5.84. The van der Waals surface area contributed by atoms with Crippen molar-refractivity contribution in [3.05, 3.63) is 54.0 Å². The fourth-order valence-corrected chi connectivity index (χ4v) is 3.06. The number of rotatable bonds is 8. The number of unbranched alkanes of at least 4 members (excludes halogenated alkanes) is 2. The minimum absolute atomic E-state index is 0.409. The quantitative estimate of drug-likeness (QED) is 0.601. The lowest BCUT2D eigenvalue weighted by molar-refractivity contribution is 0.194. The molecule has 3 rings (SSSR count). The standard InChI is InChI=1S/C20H24N4O2/c1-2-3-4-7-18-23-17-6-5-13-21-19(17)24(18)16-10-8-15(9-11-16)12-14-22-20(25)26/h5-6,8-11,13,22H,2-4,7,12,14H2,1H3,(H,25,26). The maximum absolute atomic E-state index is 10.5. The number of aromatic nitrogens is 3. The molecule has 2 heterocycles. The van der Waals surface area contributed by atoms with Crippen LogP contribution >= 0.6 is 0 Å². The molecule has 6 nitrogen and oxygen atoms in total. The van der Waals surface area contributed by atoms with E-state index >= 15 is 0 Å². The Morgan fingerprint density at radius 3 is 2.69 bits per heavy atom. The first-order valence-corrected chi connectivity index (χ1v) is 9.07. The number of pyridine rings is 1. The molecule has 0 saturated heterocycles. The predicted molar refractivity (Wildman–Crippen MR) is 102 cm³/mol. The van der Waals surface area contributed by atoms with E-state index in [-0.39, 0.29) is 0 Å². The number of hydrogen-bond donors (Lipinski definition) is 2. The summed E-state index contributed by atoms with van der Waals surface area (Å²) in [6, 6.07) is 12.1. The molecule has 0 aliphatic carbocycles. The van der Waals surface area contributed by atoms with Crippen molar-refractivity contribution in [3.63, 3.8) is 0 Å². The predicted octanol–water partition coefficient (Wildman–Crippen LogP) is 3.96. The van der Waals surface area contributed by atoms with Gasteiger partial charge >= 0.3 is 6.09 Å². The first-order valence-electron chi connectivity index (χ1n) is 9.07. The van der Waals surface area contributed by atoms with Gasteiger partial charge < -0.3 is 10.4 Å². The van der Waals surface area contributed by atoms with Crippen LogP contribution in [0.3, 0.4) is 0 Å². The van der Waals surface area contributed by atoms with E-state index in [1.165, 1.54) is 12.8 Å². The average Bonchev–Trinajstić information content (AvgIpc) is 3.00. The molecule has 136 valence electrons. The molecule has 0 bridgehead atoms. The molecule has 0 unspecified atom stereocenters. The van der Waals surface area contributed by atoms with Gasteiger partial charge in [0.2, 0.25) is 0 Å². The highest BCUT2D eigenvalue weighted by molar-refractivity contribution is 5.73. The molecule has 0 fully saturated rings. The number of hydrogen-bond acceptors (Lipinski definition) is 3. The summed E-state index contributed by atoms with van der Waals surface area (Å²) in [5.74, 6) is 1.03. The number of aryl methyl sites for hydroxylation is 1. The first kappa shape index (κ1) is 17.9. The van der Waals surface area contributed by atoms with Crippen LogP contribution in [0.2, 0.25) is 0 Å². The van der Waals surface area contributed by atoms with Gasteiger partial charge in [-0.1, -0.05) is 31.9 Å². The number of nitrogens with zero attached hydrogens (tertiary/aromatic N) is 3. The third-order valence-corrected chi connectivity index (χ3v) is 4.37. The van der Waals surface area contributed by atoms with Crippen molar-refractivity contribution < 1.29 is 9.90 Å². The lowest BCUT2D eigenvalue weighted by Crippen LogP contribution is -2.23. The van der Waals surface area contributed by atoms with Crippen LogP contribution < -0.4 is 5.32 Å². The van der Waals surface area contributed by atoms with E-state index in [2.05, 4.69) is 33.9 Å². The molecule has 2 N–H and O–H groups in total. The highest BCUT2D eigenvalue weighted by atomic mass is 16.4. The molecule has 26 heavy (non-hydrogen) atoms. The van der Waals surface area contributed by atoms with Crippen molar-refractivity contribution in [2.75, 3.05) is 6.54 Å². The number of amides is 1. The zero-order valence-corrected chi connectivity index (χ0v) is 15.0. The number of imidazole rings is 1. The van der Waals surface area contributed by atoms with Crippen molar-refractivity contribution in [3.8, 4) is 5.69 Å². The van der Waals surface area contributed by atoms with Gasteiger partial charge in [-0.05, 0) is 42.7 Å². The zero-order chi connectivity index (χ0) is 18.4. The van der Waals surface area contributed by atoms with Gasteiger partial charge in [-0.2, -0.15) is 0 Å². The smallest absolute Gasteiger partial charge is 0.404 e. The molecular weight excluding hydrogens is 328 g/mol. The molecule has 1 amide bonds. The van der Waals surface area contributed by atoms with E-state index in [9.17, 15) is 4.79 Å². The zero-order valence-electron chi connectivity index (χ0n) is 15.0. The van der Waals surface area contributed by atoms with Crippen LogP contribution in [0.15, 0.2) is 42.6 Å². The van der Waals surface area contributed by atoms with Crippen LogP contribution in [0.25, 0.3) is 16.9 Å². The minimum Gasteiger partial charge on any atom is -0.465 e. The normalized spacial score (nSPS) is 11.0. The molecule has 0 spiro atoms. The Balaban J connectivity index is 1.86. The highest BCUT2D eigenvalue weighted by Crippen LogP contribution is 2.21. The summed E-state index contributed by atoms with van der Waals surface area (Å²) in [6.07, 6.45) is 5.87. The molecule has 0 atom stereocenters. The summed E-state index contributed by atoms with van der Waals surface area (Å²) >= 11 is 0. The number of carboxylic acid groups (broad SMARTS) is 1. The third kappa shape index (κ3) is 4.20.